The summed E-state index contributed by atoms with van der Waals surface area (Å²) >= 11 is 0. The van der Waals surface area contributed by atoms with Crippen LogP contribution in [0.15, 0.2) is 16.7 Å². The van der Waals surface area contributed by atoms with Crippen LogP contribution in [0.1, 0.15) is 31.1 Å². The van der Waals surface area contributed by atoms with E-state index in [1.165, 1.54) is 0 Å². The van der Waals surface area contributed by atoms with Crippen LogP contribution in [-0.4, -0.2) is 60.0 Å². The van der Waals surface area contributed by atoms with Crippen molar-refractivity contribution in [3.05, 3.63) is 23.7 Å². The van der Waals surface area contributed by atoms with Crippen molar-refractivity contribution in [3.63, 3.8) is 0 Å². The number of rotatable bonds is 5. The van der Waals surface area contributed by atoms with E-state index in [1.807, 2.05) is 19.9 Å². The quantitative estimate of drug-likeness (QED) is 0.845. The van der Waals surface area contributed by atoms with Crippen LogP contribution in [-0.2, 0) is 11.3 Å². The number of furan rings is 1. The number of piperazine rings is 1. The van der Waals surface area contributed by atoms with Gasteiger partial charge in [0.25, 0.3) is 0 Å². The van der Waals surface area contributed by atoms with Crippen LogP contribution in [0.2, 0.25) is 0 Å². The van der Waals surface area contributed by atoms with Gasteiger partial charge < -0.3 is 20.0 Å². The van der Waals surface area contributed by atoms with Crippen LogP contribution >= 0.6 is 0 Å². The minimum absolute atomic E-state index is 0.0645. The standard InChI is InChI=1S/C17H26N4O3/c1-12(16(22)19-15-3-4-15)20-6-8-21(9-7-20)17(23)18-11-14-5-10-24-13(14)2/h5,10,12,15H,3-4,6-9,11H2,1-2H3,(H,18,23)(H,19,22). The van der Waals surface area contributed by atoms with E-state index in [9.17, 15) is 9.59 Å². The molecule has 2 aliphatic rings. The Morgan fingerprint density at radius 1 is 1.29 bits per heavy atom. The lowest BCUT2D eigenvalue weighted by Gasteiger charge is -2.37. The molecule has 0 aromatic carbocycles. The molecule has 1 atom stereocenters. The zero-order valence-corrected chi connectivity index (χ0v) is 14.4. The summed E-state index contributed by atoms with van der Waals surface area (Å²) in [6.45, 7) is 7.01. The highest BCUT2D eigenvalue weighted by Crippen LogP contribution is 2.19. The first-order valence-electron chi connectivity index (χ1n) is 8.65. The molecule has 3 amide bonds. The lowest BCUT2D eigenvalue weighted by Crippen LogP contribution is -2.56. The Bertz CT molecular complexity index is 588. The number of nitrogens with one attached hydrogen (secondary N) is 2. The molecular formula is C17H26N4O3. The topological polar surface area (TPSA) is 77.8 Å². The zero-order chi connectivity index (χ0) is 17.1. The Balaban J connectivity index is 1.41. The average Bonchev–Trinajstić information content (AvgIpc) is 3.31. The lowest BCUT2D eigenvalue weighted by molar-refractivity contribution is -0.126. The van der Waals surface area contributed by atoms with Gasteiger partial charge in [0.1, 0.15) is 5.76 Å². The second-order valence-corrected chi connectivity index (χ2v) is 6.64. The van der Waals surface area contributed by atoms with Gasteiger partial charge >= 0.3 is 6.03 Å². The maximum Gasteiger partial charge on any atom is 0.317 e. The van der Waals surface area contributed by atoms with E-state index in [0.717, 1.165) is 37.3 Å². The van der Waals surface area contributed by atoms with Crippen molar-refractivity contribution in [1.29, 1.82) is 0 Å². The first kappa shape index (κ1) is 16.8. The van der Waals surface area contributed by atoms with Gasteiger partial charge in [-0.25, -0.2) is 4.79 Å². The highest BCUT2D eigenvalue weighted by atomic mass is 16.3. The summed E-state index contributed by atoms with van der Waals surface area (Å²) in [5, 5.41) is 5.97. The van der Waals surface area contributed by atoms with Crippen LogP contribution in [0.25, 0.3) is 0 Å². The van der Waals surface area contributed by atoms with Crippen molar-refractivity contribution < 1.29 is 14.0 Å². The monoisotopic (exact) mass is 334 g/mol. The number of urea groups is 1. The van der Waals surface area contributed by atoms with Gasteiger partial charge in [-0.3, -0.25) is 9.69 Å². The predicted molar refractivity (Wildman–Crippen MR) is 89.5 cm³/mol. The van der Waals surface area contributed by atoms with Gasteiger partial charge in [0, 0.05) is 44.3 Å². The molecule has 24 heavy (non-hydrogen) atoms. The third kappa shape index (κ3) is 4.08. The minimum Gasteiger partial charge on any atom is -0.469 e. The van der Waals surface area contributed by atoms with E-state index in [1.54, 1.807) is 11.2 Å². The fourth-order valence-electron chi connectivity index (χ4n) is 2.90. The van der Waals surface area contributed by atoms with Crippen molar-refractivity contribution in [2.75, 3.05) is 26.2 Å². The third-order valence-electron chi connectivity index (χ3n) is 4.85. The Hall–Kier alpha value is -2.02. The van der Waals surface area contributed by atoms with Crippen LogP contribution in [0, 0.1) is 6.92 Å². The zero-order valence-electron chi connectivity index (χ0n) is 14.4. The smallest absolute Gasteiger partial charge is 0.317 e. The Morgan fingerprint density at radius 2 is 2.00 bits per heavy atom. The number of hydrogen-bond donors (Lipinski definition) is 2. The van der Waals surface area contributed by atoms with Crippen LogP contribution in [0.3, 0.4) is 0 Å². The van der Waals surface area contributed by atoms with Crippen molar-refractivity contribution in [2.24, 2.45) is 0 Å². The van der Waals surface area contributed by atoms with E-state index < -0.39 is 0 Å². The first-order valence-corrected chi connectivity index (χ1v) is 8.65. The molecule has 1 saturated heterocycles. The maximum atomic E-state index is 12.3. The van der Waals surface area contributed by atoms with Gasteiger partial charge in [-0.15, -0.1) is 0 Å². The molecule has 2 N–H and O–H groups in total. The van der Waals surface area contributed by atoms with E-state index in [4.69, 9.17) is 4.42 Å². The molecular weight excluding hydrogens is 308 g/mol. The van der Waals surface area contributed by atoms with E-state index >= 15 is 0 Å². The number of nitrogens with zero attached hydrogens (tertiary/aromatic N) is 2. The molecule has 1 aliphatic heterocycles. The second kappa shape index (κ2) is 7.25. The fraction of sp³-hybridized carbons (Fsp3) is 0.647. The molecule has 3 rings (SSSR count). The number of hydrogen-bond acceptors (Lipinski definition) is 4. The van der Waals surface area contributed by atoms with Crippen molar-refractivity contribution in [2.45, 2.75) is 45.3 Å². The summed E-state index contributed by atoms with van der Waals surface area (Å²) in [5.41, 5.74) is 0.993. The third-order valence-corrected chi connectivity index (χ3v) is 4.85. The fourth-order valence-corrected chi connectivity index (χ4v) is 2.90. The van der Waals surface area contributed by atoms with Gasteiger partial charge in [0.2, 0.25) is 5.91 Å². The maximum absolute atomic E-state index is 12.3. The molecule has 1 saturated carbocycles. The highest BCUT2D eigenvalue weighted by molar-refractivity contribution is 5.82. The summed E-state index contributed by atoms with van der Waals surface area (Å²) in [6.07, 6.45) is 3.83. The van der Waals surface area contributed by atoms with E-state index in [-0.39, 0.29) is 18.0 Å². The van der Waals surface area contributed by atoms with Gasteiger partial charge in [-0.2, -0.15) is 0 Å². The molecule has 2 heterocycles. The summed E-state index contributed by atoms with van der Waals surface area (Å²) in [4.78, 5) is 28.3. The molecule has 0 spiro atoms. The van der Waals surface area contributed by atoms with E-state index in [2.05, 4.69) is 15.5 Å². The molecule has 7 nitrogen and oxygen atoms in total. The molecule has 0 bridgehead atoms. The lowest BCUT2D eigenvalue weighted by atomic mass is 10.2. The summed E-state index contributed by atoms with van der Waals surface area (Å²) in [6, 6.07) is 2.06. The minimum atomic E-state index is -0.135. The Kier molecular flexibility index (Phi) is 5.08. The Labute approximate surface area is 142 Å². The van der Waals surface area contributed by atoms with Gasteiger partial charge in [-0.1, -0.05) is 0 Å². The SMILES string of the molecule is Cc1occc1CNC(=O)N1CCN(C(C)C(=O)NC2CC2)CC1. The second-order valence-electron chi connectivity index (χ2n) is 6.64. The molecule has 132 valence electrons. The molecule has 1 aromatic heterocycles. The summed E-state index contributed by atoms with van der Waals surface area (Å²) in [7, 11) is 0. The first-order chi connectivity index (χ1) is 11.5. The predicted octanol–water partition coefficient (Wildman–Crippen LogP) is 1.08. The summed E-state index contributed by atoms with van der Waals surface area (Å²) in [5.74, 6) is 0.932. The highest BCUT2D eigenvalue weighted by Gasteiger charge is 2.30. The van der Waals surface area contributed by atoms with Gasteiger partial charge in [0.05, 0.1) is 12.3 Å². The number of amides is 3. The van der Waals surface area contributed by atoms with E-state index in [0.29, 0.717) is 25.7 Å². The molecule has 1 aliphatic carbocycles. The molecule has 1 aromatic rings. The largest absolute Gasteiger partial charge is 0.469 e. The Morgan fingerprint density at radius 3 is 2.58 bits per heavy atom. The van der Waals surface area contributed by atoms with Crippen molar-refractivity contribution >= 4 is 11.9 Å². The van der Waals surface area contributed by atoms with Crippen LogP contribution in [0.4, 0.5) is 4.79 Å². The van der Waals surface area contributed by atoms with Crippen molar-refractivity contribution in [1.82, 2.24) is 20.4 Å². The molecule has 0 radical (unpaired) electrons. The van der Waals surface area contributed by atoms with Crippen LogP contribution in [0.5, 0.6) is 0 Å². The van der Waals surface area contributed by atoms with Gasteiger partial charge in [-0.05, 0) is 32.8 Å². The number of carbonyl (C=O) groups excluding carboxylic acids is 2. The number of carbonyl (C=O) groups is 2. The van der Waals surface area contributed by atoms with Crippen LogP contribution < -0.4 is 10.6 Å². The molecule has 1 unspecified atom stereocenters. The molecule has 2 fully saturated rings. The normalized spacial score (nSPS) is 19.8. The average molecular weight is 334 g/mol. The summed E-state index contributed by atoms with van der Waals surface area (Å²) < 4.78 is 5.23. The number of aryl methyl sites for hydroxylation is 1. The molecule has 7 heteroatoms. The van der Waals surface area contributed by atoms with Crippen molar-refractivity contribution in [3.8, 4) is 0 Å². The van der Waals surface area contributed by atoms with Gasteiger partial charge in [0.15, 0.2) is 0 Å².